The molecule has 18 heavy (non-hydrogen) atoms. The van der Waals surface area contributed by atoms with Crippen LogP contribution >= 0.6 is 0 Å². The fourth-order valence-electron chi connectivity index (χ4n) is 3.07. The Labute approximate surface area is 110 Å². The molecule has 1 heterocycles. The van der Waals surface area contributed by atoms with Gasteiger partial charge in [0.2, 0.25) is 0 Å². The molecule has 1 atom stereocenters. The Morgan fingerprint density at radius 1 is 1.11 bits per heavy atom. The van der Waals surface area contributed by atoms with Crippen molar-refractivity contribution in [1.29, 1.82) is 0 Å². The van der Waals surface area contributed by atoms with Crippen LogP contribution in [0.2, 0.25) is 0 Å². The number of nitrogens with one attached hydrogen (secondary N) is 1. The van der Waals surface area contributed by atoms with Gasteiger partial charge in [0.15, 0.2) is 0 Å². The maximum absolute atomic E-state index is 12.3. The highest BCUT2D eigenvalue weighted by Gasteiger charge is 2.31. The smallest absolute Gasteiger partial charge is 0.279 e. The standard InChI is InChI=1S/C12H25N3O2S/c13-10-12(11-6-2-3-7-11)14-18(16,17)15-8-4-1-5-9-15/h11-12,14H,1-10,13H2. The molecule has 0 spiro atoms. The van der Waals surface area contributed by atoms with E-state index in [0.29, 0.717) is 25.6 Å². The van der Waals surface area contributed by atoms with E-state index in [1.807, 2.05) is 0 Å². The molecule has 3 N–H and O–H groups in total. The van der Waals surface area contributed by atoms with Gasteiger partial charge in [-0.2, -0.15) is 17.4 Å². The first-order valence-electron chi connectivity index (χ1n) is 7.11. The summed E-state index contributed by atoms with van der Waals surface area (Å²) in [7, 11) is -3.33. The van der Waals surface area contributed by atoms with E-state index in [4.69, 9.17) is 5.73 Å². The Morgan fingerprint density at radius 3 is 2.28 bits per heavy atom. The molecule has 0 aromatic heterocycles. The predicted molar refractivity (Wildman–Crippen MR) is 72.3 cm³/mol. The molecule has 6 heteroatoms. The normalized spacial score (nSPS) is 25.4. The number of nitrogens with two attached hydrogens (primary N) is 1. The van der Waals surface area contributed by atoms with Crippen LogP contribution in [0.3, 0.4) is 0 Å². The molecular weight excluding hydrogens is 250 g/mol. The molecule has 106 valence electrons. The van der Waals surface area contributed by atoms with Gasteiger partial charge in [-0.15, -0.1) is 0 Å². The van der Waals surface area contributed by atoms with Crippen molar-refractivity contribution in [2.24, 2.45) is 11.7 Å². The molecule has 2 fully saturated rings. The Morgan fingerprint density at radius 2 is 1.72 bits per heavy atom. The van der Waals surface area contributed by atoms with E-state index in [0.717, 1.165) is 32.1 Å². The summed E-state index contributed by atoms with van der Waals surface area (Å²) in [6.45, 7) is 1.70. The number of piperidine rings is 1. The minimum absolute atomic E-state index is 0.0839. The second kappa shape index (κ2) is 6.32. The summed E-state index contributed by atoms with van der Waals surface area (Å²) in [4.78, 5) is 0. The molecule has 1 saturated carbocycles. The van der Waals surface area contributed by atoms with E-state index in [2.05, 4.69) is 4.72 Å². The average molecular weight is 275 g/mol. The van der Waals surface area contributed by atoms with Crippen LogP contribution in [0.15, 0.2) is 0 Å². The molecule has 0 amide bonds. The fourth-order valence-corrected chi connectivity index (χ4v) is 4.63. The minimum Gasteiger partial charge on any atom is -0.329 e. The third-order valence-corrected chi connectivity index (χ3v) is 5.82. The van der Waals surface area contributed by atoms with Crippen LogP contribution in [0.4, 0.5) is 0 Å². The van der Waals surface area contributed by atoms with Gasteiger partial charge in [0.05, 0.1) is 0 Å². The van der Waals surface area contributed by atoms with Gasteiger partial charge in [-0.3, -0.25) is 0 Å². The van der Waals surface area contributed by atoms with E-state index in [-0.39, 0.29) is 6.04 Å². The summed E-state index contributed by atoms with van der Waals surface area (Å²) in [5.74, 6) is 0.426. The molecule has 0 bridgehead atoms. The zero-order valence-corrected chi connectivity index (χ0v) is 11.8. The third-order valence-electron chi connectivity index (χ3n) is 4.18. The summed E-state index contributed by atoms with van der Waals surface area (Å²) in [6.07, 6.45) is 7.68. The van der Waals surface area contributed by atoms with Crippen molar-refractivity contribution < 1.29 is 8.42 Å². The monoisotopic (exact) mass is 275 g/mol. The van der Waals surface area contributed by atoms with E-state index < -0.39 is 10.2 Å². The summed E-state index contributed by atoms with van der Waals surface area (Å²) >= 11 is 0. The van der Waals surface area contributed by atoms with Crippen molar-refractivity contribution >= 4 is 10.2 Å². The number of hydrogen-bond acceptors (Lipinski definition) is 3. The Balaban J connectivity index is 1.96. The summed E-state index contributed by atoms with van der Waals surface area (Å²) in [5, 5.41) is 0. The van der Waals surface area contributed by atoms with Crippen molar-refractivity contribution in [2.75, 3.05) is 19.6 Å². The molecule has 2 rings (SSSR count). The number of rotatable bonds is 5. The van der Waals surface area contributed by atoms with Crippen LogP contribution in [0.25, 0.3) is 0 Å². The van der Waals surface area contributed by atoms with Crippen LogP contribution in [0.1, 0.15) is 44.9 Å². The largest absolute Gasteiger partial charge is 0.329 e. The van der Waals surface area contributed by atoms with Crippen molar-refractivity contribution in [1.82, 2.24) is 9.03 Å². The second-order valence-electron chi connectivity index (χ2n) is 5.47. The predicted octanol–water partition coefficient (Wildman–Crippen LogP) is 0.824. The van der Waals surface area contributed by atoms with Crippen LogP contribution < -0.4 is 10.5 Å². The van der Waals surface area contributed by atoms with E-state index >= 15 is 0 Å². The first-order chi connectivity index (χ1) is 8.63. The van der Waals surface area contributed by atoms with Crippen molar-refractivity contribution in [3.05, 3.63) is 0 Å². The van der Waals surface area contributed by atoms with Crippen LogP contribution in [-0.4, -0.2) is 38.4 Å². The Hall–Kier alpha value is -0.170. The van der Waals surface area contributed by atoms with Gasteiger partial charge < -0.3 is 5.73 Å². The first-order valence-corrected chi connectivity index (χ1v) is 8.55. The van der Waals surface area contributed by atoms with Gasteiger partial charge in [0, 0.05) is 25.7 Å². The highest BCUT2D eigenvalue weighted by molar-refractivity contribution is 7.87. The maximum atomic E-state index is 12.3. The van der Waals surface area contributed by atoms with Gasteiger partial charge in [-0.25, -0.2) is 0 Å². The SMILES string of the molecule is NCC(NS(=O)(=O)N1CCCCC1)C1CCCC1. The van der Waals surface area contributed by atoms with Crippen LogP contribution in [0.5, 0.6) is 0 Å². The molecule has 1 aliphatic carbocycles. The molecule has 1 unspecified atom stereocenters. The minimum atomic E-state index is -3.33. The average Bonchev–Trinajstić information content (AvgIpc) is 2.91. The number of hydrogen-bond donors (Lipinski definition) is 2. The van der Waals surface area contributed by atoms with Crippen molar-refractivity contribution in [3.8, 4) is 0 Å². The second-order valence-corrected chi connectivity index (χ2v) is 7.17. The maximum Gasteiger partial charge on any atom is 0.279 e. The third kappa shape index (κ3) is 3.44. The molecule has 0 aromatic rings. The Bertz CT molecular complexity index is 346. The van der Waals surface area contributed by atoms with Crippen molar-refractivity contribution in [2.45, 2.75) is 51.0 Å². The lowest BCUT2D eigenvalue weighted by Crippen LogP contribution is -2.51. The highest BCUT2D eigenvalue weighted by atomic mass is 32.2. The van der Waals surface area contributed by atoms with Gasteiger partial charge in [0.1, 0.15) is 0 Å². The molecule has 0 aromatic carbocycles. The first kappa shape index (κ1) is 14.2. The summed E-state index contributed by atoms with van der Waals surface area (Å²) in [5.41, 5.74) is 5.74. The van der Waals surface area contributed by atoms with Gasteiger partial charge in [-0.1, -0.05) is 19.3 Å². The summed E-state index contributed by atoms with van der Waals surface area (Å²) < 4.78 is 28.9. The molecule has 0 radical (unpaired) electrons. The van der Waals surface area contributed by atoms with E-state index in [1.165, 1.54) is 12.8 Å². The topological polar surface area (TPSA) is 75.4 Å². The molecular formula is C12H25N3O2S. The van der Waals surface area contributed by atoms with Crippen LogP contribution in [0, 0.1) is 5.92 Å². The highest BCUT2D eigenvalue weighted by Crippen LogP contribution is 2.28. The zero-order chi connectivity index (χ0) is 13.0. The Kier molecular flexibility index (Phi) is 5.00. The van der Waals surface area contributed by atoms with Crippen molar-refractivity contribution in [3.63, 3.8) is 0 Å². The van der Waals surface area contributed by atoms with E-state index in [9.17, 15) is 8.42 Å². The van der Waals surface area contributed by atoms with Gasteiger partial charge in [-0.05, 0) is 31.6 Å². The summed E-state index contributed by atoms with van der Waals surface area (Å²) in [6, 6.07) is -0.0839. The molecule has 1 saturated heterocycles. The van der Waals surface area contributed by atoms with Gasteiger partial charge in [0.25, 0.3) is 10.2 Å². The number of nitrogens with zero attached hydrogens (tertiary/aromatic N) is 1. The zero-order valence-electron chi connectivity index (χ0n) is 11.0. The fraction of sp³-hybridized carbons (Fsp3) is 1.00. The lowest BCUT2D eigenvalue weighted by atomic mass is 9.99. The quantitative estimate of drug-likeness (QED) is 0.780. The molecule has 5 nitrogen and oxygen atoms in total. The van der Waals surface area contributed by atoms with Gasteiger partial charge >= 0.3 is 0 Å². The molecule has 2 aliphatic rings. The lowest BCUT2D eigenvalue weighted by molar-refractivity contribution is 0.328. The van der Waals surface area contributed by atoms with Crippen LogP contribution in [-0.2, 0) is 10.2 Å². The molecule has 1 aliphatic heterocycles. The lowest BCUT2D eigenvalue weighted by Gasteiger charge is -2.30. The van der Waals surface area contributed by atoms with E-state index in [1.54, 1.807) is 4.31 Å².